The Labute approximate surface area is 141 Å². The van der Waals surface area contributed by atoms with Gasteiger partial charge in [0.2, 0.25) is 0 Å². The molecule has 1 aliphatic carbocycles. The summed E-state index contributed by atoms with van der Waals surface area (Å²) in [5.41, 5.74) is -2.07. The molecular weight excluding hydrogens is 344 g/mol. The molecule has 0 aromatic heterocycles. The highest BCUT2D eigenvalue weighted by atomic mass is 16.6. The van der Waals surface area contributed by atoms with Crippen molar-refractivity contribution < 1.29 is 50.3 Å². The van der Waals surface area contributed by atoms with E-state index in [9.17, 15) is 35.7 Å². The predicted octanol–water partition coefficient (Wildman–Crippen LogP) is -6.04. The van der Waals surface area contributed by atoms with Crippen molar-refractivity contribution in [1.29, 1.82) is 0 Å². The second kappa shape index (κ2) is 6.57. The van der Waals surface area contributed by atoms with Gasteiger partial charge in [-0.15, -0.1) is 0 Å². The number of nitrogens with zero attached hydrogens (tertiary/aromatic N) is 1. The summed E-state index contributed by atoms with van der Waals surface area (Å²) in [6.07, 6.45) is -11.6. The molecule has 2 saturated heterocycles. The van der Waals surface area contributed by atoms with E-state index in [0.717, 1.165) is 0 Å². The Balaban J connectivity index is 1.78. The van der Waals surface area contributed by atoms with E-state index in [1.807, 2.05) is 0 Å². The van der Waals surface area contributed by atoms with Crippen molar-refractivity contribution in [2.75, 3.05) is 13.2 Å². The minimum Gasteiger partial charge on any atom is -0.457 e. The highest BCUT2D eigenvalue weighted by Crippen LogP contribution is 2.36. The second-order valence-corrected chi connectivity index (χ2v) is 6.44. The number of hydrogen-bond donors (Lipinski definition) is 9. The summed E-state index contributed by atoms with van der Waals surface area (Å²) in [6, 6.07) is -1.34. The van der Waals surface area contributed by atoms with Crippen molar-refractivity contribution in [3.63, 3.8) is 0 Å². The van der Waals surface area contributed by atoms with E-state index >= 15 is 0 Å². The lowest BCUT2D eigenvalue weighted by atomic mass is 9.96. The van der Waals surface area contributed by atoms with Gasteiger partial charge >= 0.3 is 0 Å². The van der Waals surface area contributed by atoms with Crippen LogP contribution in [-0.2, 0) is 9.47 Å². The van der Waals surface area contributed by atoms with Gasteiger partial charge in [-0.2, -0.15) is 0 Å². The van der Waals surface area contributed by atoms with Gasteiger partial charge in [-0.3, -0.25) is 0 Å². The second-order valence-electron chi connectivity index (χ2n) is 6.44. The van der Waals surface area contributed by atoms with Crippen molar-refractivity contribution in [2.24, 2.45) is 4.99 Å². The van der Waals surface area contributed by atoms with Gasteiger partial charge in [0.15, 0.2) is 12.3 Å². The predicted molar refractivity (Wildman–Crippen MR) is 77.0 cm³/mol. The van der Waals surface area contributed by atoms with Gasteiger partial charge < -0.3 is 55.6 Å². The average Bonchev–Trinajstić information content (AvgIpc) is 3.10. The smallest absolute Gasteiger partial charge is 0.288 e. The normalized spacial score (nSPS) is 54.2. The summed E-state index contributed by atoms with van der Waals surface area (Å²) in [5, 5.41) is 80.5. The highest BCUT2D eigenvalue weighted by Gasteiger charge is 2.64. The summed E-state index contributed by atoms with van der Waals surface area (Å²) >= 11 is 0. The molecule has 25 heavy (non-hydrogen) atoms. The minimum absolute atomic E-state index is 0.267. The molecule has 0 spiro atoms. The number of amidine groups is 1. The van der Waals surface area contributed by atoms with Crippen LogP contribution in [0.15, 0.2) is 4.99 Å². The molecule has 0 aromatic rings. The molecule has 9 N–H and O–H groups in total. The Bertz CT molecular complexity index is 533. The molecule has 2 aliphatic heterocycles. The van der Waals surface area contributed by atoms with Gasteiger partial charge in [0.1, 0.15) is 48.3 Å². The van der Waals surface area contributed by atoms with Crippen LogP contribution in [0.5, 0.6) is 0 Å². The fraction of sp³-hybridized carbons (Fsp3) is 0.923. The monoisotopic (exact) mass is 366 g/mol. The maximum atomic E-state index is 10.3. The molecule has 0 aromatic carbocycles. The lowest BCUT2D eigenvalue weighted by Gasteiger charge is -2.38. The Hall–Kier alpha value is -1.09. The van der Waals surface area contributed by atoms with Gasteiger partial charge in [-0.25, -0.2) is 4.99 Å². The van der Waals surface area contributed by atoms with Gasteiger partial charge in [-0.05, 0) is 0 Å². The Morgan fingerprint density at radius 1 is 1.00 bits per heavy atom. The quantitative estimate of drug-likeness (QED) is 0.230. The van der Waals surface area contributed by atoms with E-state index in [1.165, 1.54) is 0 Å². The van der Waals surface area contributed by atoms with E-state index in [0.29, 0.717) is 0 Å². The van der Waals surface area contributed by atoms with E-state index in [1.54, 1.807) is 0 Å². The summed E-state index contributed by atoms with van der Waals surface area (Å²) in [6.45, 7) is -1.48. The molecule has 12 heteroatoms. The largest absolute Gasteiger partial charge is 0.457 e. The average molecular weight is 366 g/mol. The van der Waals surface area contributed by atoms with E-state index in [2.05, 4.69) is 10.3 Å². The lowest BCUT2D eigenvalue weighted by molar-refractivity contribution is -0.227. The van der Waals surface area contributed by atoms with Crippen LogP contribution in [0, 0.1) is 0 Å². The van der Waals surface area contributed by atoms with Crippen molar-refractivity contribution >= 4 is 6.02 Å². The number of nitrogens with one attached hydrogen (secondary N) is 1. The van der Waals surface area contributed by atoms with Gasteiger partial charge in [0.05, 0.1) is 13.2 Å². The number of aliphatic hydroxyl groups is 8. The fourth-order valence-corrected chi connectivity index (χ4v) is 3.35. The Morgan fingerprint density at radius 2 is 1.68 bits per heavy atom. The first-order chi connectivity index (χ1) is 11.7. The molecule has 2 heterocycles. The van der Waals surface area contributed by atoms with Crippen LogP contribution in [0.4, 0.5) is 0 Å². The van der Waals surface area contributed by atoms with Crippen LogP contribution in [0.1, 0.15) is 0 Å². The highest BCUT2D eigenvalue weighted by molar-refractivity contribution is 5.77. The molecule has 3 aliphatic rings. The Morgan fingerprint density at radius 3 is 2.28 bits per heavy atom. The third kappa shape index (κ3) is 2.79. The third-order valence-corrected chi connectivity index (χ3v) is 4.93. The number of hydrogen-bond acceptors (Lipinski definition) is 11. The first-order valence-electron chi connectivity index (χ1n) is 7.75. The molecule has 3 rings (SSSR count). The summed E-state index contributed by atoms with van der Waals surface area (Å²) in [5.74, 6) is 0. The molecular formula is C13H22N2O10. The first-order valence-corrected chi connectivity index (χ1v) is 7.75. The summed E-state index contributed by atoms with van der Waals surface area (Å²) in [7, 11) is 0. The molecule has 0 unspecified atom stereocenters. The van der Waals surface area contributed by atoms with Gasteiger partial charge in [0.25, 0.3) is 6.02 Å². The molecule has 12 nitrogen and oxygen atoms in total. The van der Waals surface area contributed by atoms with Gasteiger partial charge in [0, 0.05) is 0 Å². The standard InChI is InChI=1S/C13H22N2O10/c16-1-3-4(18)5(19)6(20)11(24-3)15-12-14-9-8(25-12)7(21)10(22)13(9,23)2-17/h3-11,16-23H,1-2H2,(H,14,15)/t3-,4-,5+,6-,7-,8+,9+,10-,11-,13-/m0/s1. The topological polar surface area (TPSA) is 205 Å². The molecule has 0 amide bonds. The molecule has 3 fully saturated rings. The number of fused-ring (bicyclic) bond motifs is 1. The zero-order valence-corrected chi connectivity index (χ0v) is 13.0. The van der Waals surface area contributed by atoms with Crippen LogP contribution in [0.3, 0.4) is 0 Å². The zero-order valence-electron chi connectivity index (χ0n) is 13.0. The first kappa shape index (κ1) is 18.7. The van der Waals surface area contributed by atoms with Crippen LogP contribution < -0.4 is 5.32 Å². The van der Waals surface area contributed by atoms with Crippen LogP contribution in [0.2, 0.25) is 0 Å². The summed E-state index contributed by atoms with van der Waals surface area (Å²) < 4.78 is 10.5. The van der Waals surface area contributed by atoms with E-state index < -0.39 is 73.8 Å². The lowest BCUT2D eigenvalue weighted by Crippen LogP contribution is -2.58. The maximum Gasteiger partial charge on any atom is 0.288 e. The fourth-order valence-electron chi connectivity index (χ4n) is 3.35. The number of aliphatic hydroxyl groups excluding tert-OH is 7. The number of rotatable bonds is 3. The van der Waals surface area contributed by atoms with Crippen LogP contribution in [0.25, 0.3) is 0 Å². The van der Waals surface area contributed by atoms with Gasteiger partial charge in [-0.1, -0.05) is 0 Å². The van der Waals surface area contributed by atoms with Crippen molar-refractivity contribution in [3.05, 3.63) is 0 Å². The SMILES string of the molecule is OC[C@@H]1O[C@H](N=C2N[C@@H]3[C@H](O2)[C@H](O)[C@H](O)[C@]3(O)CO)[C@@H](O)[C@H](O)[C@H]1O. The zero-order chi connectivity index (χ0) is 18.5. The van der Waals surface area contributed by atoms with Crippen molar-refractivity contribution in [2.45, 2.75) is 60.6 Å². The van der Waals surface area contributed by atoms with Crippen molar-refractivity contribution in [1.82, 2.24) is 5.32 Å². The number of ether oxygens (including phenoxy) is 2. The van der Waals surface area contributed by atoms with E-state index in [-0.39, 0.29) is 6.02 Å². The molecule has 10 atom stereocenters. The van der Waals surface area contributed by atoms with E-state index in [4.69, 9.17) is 14.6 Å². The molecule has 1 saturated carbocycles. The third-order valence-electron chi connectivity index (χ3n) is 4.93. The van der Waals surface area contributed by atoms with Crippen molar-refractivity contribution in [3.8, 4) is 0 Å². The number of aliphatic imine (C=N–C) groups is 1. The van der Waals surface area contributed by atoms with Crippen LogP contribution in [-0.4, -0.2) is 121 Å². The van der Waals surface area contributed by atoms with Crippen LogP contribution >= 0.6 is 0 Å². The maximum absolute atomic E-state index is 10.3. The Kier molecular flexibility index (Phi) is 4.91. The minimum atomic E-state index is -2.07. The molecule has 144 valence electrons. The molecule has 0 radical (unpaired) electrons. The summed E-state index contributed by atoms with van der Waals surface area (Å²) in [4.78, 5) is 3.88. The molecule has 0 bridgehead atoms.